The van der Waals surface area contributed by atoms with Crippen molar-refractivity contribution >= 4 is 6.08 Å². The highest BCUT2D eigenvalue weighted by Gasteiger charge is 1.94. The molecule has 1 aromatic heterocycles. The van der Waals surface area contributed by atoms with Crippen LogP contribution in [0.3, 0.4) is 0 Å². The molecule has 0 radical (unpaired) electrons. The van der Waals surface area contributed by atoms with Gasteiger partial charge in [0, 0.05) is 6.54 Å². The van der Waals surface area contributed by atoms with E-state index in [2.05, 4.69) is 10.1 Å². The summed E-state index contributed by atoms with van der Waals surface area (Å²) < 4.78 is 1.76. The molecule has 4 nitrogen and oxygen atoms in total. The highest BCUT2D eigenvalue weighted by Crippen LogP contribution is 1.95. The fourth-order valence-electron chi connectivity index (χ4n) is 0.804. The zero-order valence-electron chi connectivity index (χ0n) is 6.44. The average molecular weight is 153 g/mol. The minimum absolute atomic E-state index is 0.0383. The van der Waals surface area contributed by atoms with E-state index in [9.17, 15) is 0 Å². The standard InChI is InChI=1S/C7H11N3O/c1-2-10-7(4-3-5-11)8-6-9-10/h3-4,6,11H,2,5H2,1H3/b4-3+. The van der Waals surface area contributed by atoms with Crippen molar-refractivity contribution in [3.8, 4) is 0 Å². The maximum Gasteiger partial charge on any atom is 0.150 e. The number of aryl methyl sites for hydroxylation is 1. The Morgan fingerprint density at radius 1 is 1.73 bits per heavy atom. The van der Waals surface area contributed by atoms with Crippen molar-refractivity contribution in [2.24, 2.45) is 0 Å². The van der Waals surface area contributed by atoms with Crippen LogP contribution in [0.5, 0.6) is 0 Å². The Kier molecular flexibility index (Phi) is 2.80. The predicted molar refractivity (Wildman–Crippen MR) is 41.8 cm³/mol. The number of rotatable bonds is 3. The second kappa shape index (κ2) is 3.88. The van der Waals surface area contributed by atoms with Crippen LogP contribution in [0.1, 0.15) is 12.7 Å². The van der Waals surface area contributed by atoms with Crippen LogP contribution in [-0.2, 0) is 6.54 Å². The lowest BCUT2D eigenvalue weighted by molar-refractivity contribution is 0.343. The van der Waals surface area contributed by atoms with Crippen molar-refractivity contribution in [2.75, 3.05) is 6.61 Å². The molecule has 0 bridgehead atoms. The Balaban J connectivity index is 2.76. The highest BCUT2D eigenvalue weighted by molar-refractivity contribution is 5.39. The van der Waals surface area contributed by atoms with Crippen molar-refractivity contribution in [1.29, 1.82) is 0 Å². The molecule has 0 aliphatic carbocycles. The van der Waals surface area contributed by atoms with E-state index < -0.39 is 0 Å². The third-order valence-corrected chi connectivity index (χ3v) is 1.32. The van der Waals surface area contributed by atoms with E-state index >= 15 is 0 Å². The van der Waals surface area contributed by atoms with Crippen LogP contribution in [0.25, 0.3) is 6.08 Å². The minimum Gasteiger partial charge on any atom is -0.392 e. The normalized spacial score (nSPS) is 11.1. The summed E-state index contributed by atoms with van der Waals surface area (Å²) in [6.45, 7) is 2.83. The predicted octanol–water partition coefficient (Wildman–Crippen LogP) is 0.303. The first-order valence-electron chi connectivity index (χ1n) is 3.53. The second-order valence-corrected chi connectivity index (χ2v) is 2.02. The Labute approximate surface area is 65.2 Å². The molecule has 0 amide bonds. The van der Waals surface area contributed by atoms with Crippen LogP contribution in [0.4, 0.5) is 0 Å². The first-order chi connectivity index (χ1) is 5.38. The molecule has 1 N–H and O–H groups in total. The summed E-state index contributed by atoms with van der Waals surface area (Å²) in [4.78, 5) is 3.98. The van der Waals surface area contributed by atoms with Gasteiger partial charge >= 0.3 is 0 Å². The molecule has 0 saturated carbocycles. The molecule has 0 fully saturated rings. The lowest BCUT2D eigenvalue weighted by Gasteiger charge is -1.95. The zero-order valence-corrected chi connectivity index (χ0v) is 6.44. The summed E-state index contributed by atoms with van der Waals surface area (Å²) in [5.41, 5.74) is 0. The van der Waals surface area contributed by atoms with Gasteiger partial charge in [-0.1, -0.05) is 6.08 Å². The molecule has 1 heterocycles. The quantitative estimate of drug-likeness (QED) is 0.679. The molecule has 60 valence electrons. The van der Waals surface area contributed by atoms with Crippen molar-refractivity contribution in [1.82, 2.24) is 14.8 Å². The third-order valence-electron chi connectivity index (χ3n) is 1.32. The first kappa shape index (κ1) is 7.94. The van der Waals surface area contributed by atoms with E-state index in [4.69, 9.17) is 5.11 Å². The molecule has 1 aromatic rings. The van der Waals surface area contributed by atoms with Crippen LogP contribution in [0.15, 0.2) is 12.4 Å². The van der Waals surface area contributed by atoms with Gasteiger partial charge in [0.05, 0.1) is 6.61 Å². The Hall–Kier alpha value is -1.16. The fraction of sp³-hybridized carbons (Fsp3) is 0.429. The summed E-state index contributed by atoms with van der Waals surface area (Å²) >= 11 is 0. The lowest BCUT2D eigenvalue weighted by atomic mass is 10.5. The van der Waals surface area contributed by atoms with Crippen LogP contribution in [0.2, 0.25) is 0 Å². The van der Waals surface area contributed by atoms with E-state index in [0.29, 0.717) is 0 Å². The molecule has 4 heteroatoms. The minimum atomic E-state index is 0.0383. The Bertz CT molecular complexity index is 242. The smallest absolute Gasteiger partial charge is 0.150 e. The summed E-state index contributed by atoms with van der Waals surface area (Å²) in [5.74, 6) is 0.779. The Morgan fingerprint density at radius 3 is 3.18 bits per heavy atom. The second-order valence-electron chi connectivity index (χ2n) is 2.02. The zero-order chi connectivity index (χ0) is 8.10. The first-order valence-corrected chi connectivity index (χ1v) is 3.53. The van der Waals surface area contributed by atoms with Crippen LogP contribution in [-0.4, -0.2) is 26.5 Å². The number of nitrogens with zero attached hydrogens (tertiary/aromatic N) is 3. The molecule has 0 aliphatic heterocycles. The molecule has 0 unspecified atom stereocenters. The molecular weight excluding hydrogens is 142 g/mol. The maximum absolute atomic E-state index is 8.48. The van der Waals surface area contributed by atoms with Crippen LogP contribution in [0, 0.1) is 0 Å². The van der Waals surface area contributed by atoms with Crippen LogP contribution < -0.4 is 0 Å². The van der Waals surface area contributed by atoms with Gasteiger partial charge < -0.3 is 5.11 Å². The SMILES string of the molecule is CCn1ncnc1/C=C/CO. The largest absolute Gasteiger partial charge is 0.392 e. The van der Waals surface area contributed by atoms with E-state index in [1.54, 1.807) is 16.8 Å². The number of hydrogen-bond acceptors (Lipinski definition) is 3. The topological polar surface area (TPSA) is 50.9 Å². The van der Waals surface area contributed by atoms with E-state index in [-0.39, 0.29) is 6.61 Å². The molecule has 0 atom stereocenters. The van der Waals surface area contributed by atoms with Crippen molar-refractivity contribution in [3.05, 3.63) is 18.2 Å². The number of aromatic nitrogens is 3. The number of hydrogen-bond donors (Lipinski definition) is 1. The van der Waals surface area contributed by atoms with Gasteiger partial charge in [0.1, 0.15) is 12.2 Å². The van der Waals surface area contributed by atoms with Crippen molar-refractivity contribution in [2.45, 2.75) is 13.5 Å². The number of aliphatic hydroxyl groups is 1. The van der Waals surface area contributed by atoms with Gasteiger partial charge in [-0.25, -0.2) is 9.67 Å². The molecule has 0 aliphatic rings. The highest BCUT2D eigenvalue weighted by atomic mass is 16.2. The van der Waals surface area contributed by atoms with Gasteiger partial charge in [-0.15, -0.1) is 0 Å². The van der Waals surface area contributed by atoms with Crippen molar-refractivity contribution in [3.63, 3.8) is 0 Å². The summed E-state index contributed by atoms with van der Waals surface area (Å²) in [5, 5.41) is 12.4. The lowest BCUT2D eigenvalue weighted by Crippen LogP contribution is -1.98. The third kappa shape index (κ3) is 1.88. The summed E-state index contributed by atoms with van der Waals surface area (Å²) in [6.07, 6.45) is 4.88. The number of aliphatic hydroxyl groups excluding tert-OH is 1. The monoisotopic (exact) mass is 153 g/mol. The molecule has 0 saturated heterocycles. The van der Waals surface area contributed by atoms with E-state index in [1.165, 1.54) is 6.33 Å². The van der Waals surface area contributed by atoms with Crippen molar-refractivity contribution < 1.29 is 5.11 Å². The molecule has 1 rings (SSSR count). The van der Waals surface area contributed by atoms with Gasteiger partial charge in [-0.05, 0) is 13.0 Å². The van der Waals surface area contributed by atoms with Gasteiger partial charge in [-0.2, -0.15) is 5.10 Å². The fourth-order valence-corrected chi connectivity index (χ4v) is 0.804. The van der Waals surface area contributed by atoms with Gasteiger partial charge in [0.15, 0.2) is 0 Å². The maximum atomic E-state index is 8.48. The summed E-state index contributed by atoms with van der Waals surface area (Å²) in [7, 11) is 0. The van der Waals surface area contributed by atoms with Crippen LogP contribution >= 0.6 is 0 Å². The molecule has 0 spiro atoms. The summed E-state index contributed by atoms with van der Waals surface area (Å²) in [6, 6.07) is 0. The molecule has 11 heavy (non-hydrogen) atoms. The Morgan fingerprint density at radius 2 is 2.55 bits per heavy atom. The van der Waals surface area contributed by atoms with E-state index in [1.807, 2.05) is 6.92 Å². The van der Waals surface area contributed by atoms with E-state index in [0.717, 1.165) is 12.4 Å². The molecule has 0 aromatic carbocycles. The molecular formula is C7H11N3O. The van der Waals surface area contributed by atoms with Gasteiger partial charge in [-0.3, -0.25) is 0 Å². The van der Waals surface area contributed by atoms with Gasteiger partial charge in [0.25, 0.3) is 0 Å². The van der Waals surface area contributed by atoms with Gasteiger partial charge in [0.2, 0.25) is 0 Å². The average Bonchev–Trinajstić information content (AvgIpc) is 2.47.